The van der Waals surface area contributed by atoms with Crippen molar-refractivity contribution < 1.29 is 0 Å². The Hall–Kier alpha value is -1.63. The lowest BCUT2D eigenvalue weighted by atomic mass is 10.4. The molecule has 2 aromatic rings. The zero-order valence-electron chi connectivity index (χ0n) is 10.0. The van der Waals surface area contributed by atoms with E-state index >= 15 is 0 Å². The molecule has 0 aliphatic carbocycles. The van der Waals surface area contributed by atoms with Crippen LogP contribution in [0.2, 0.25) is 0 Å². The van der Waals surface area contributed by atoms with E-state index in [2.05, 4.69) is 25.4 Å². The van der Waals surface area contributed by atoms with Gasteiger partial charge in [-0.1, -0.05) is 0 Å². The monoisotopic (exact) mass is 250 g/mol. The summed E-state index contributed by atoms with van der Waals surface area (Å²) in [6.07, 6.45) is 3.34. The summed E-state index contributed by atoms with van der Waals surface area (Å²) < 4.78 is 1.72. The van der Waals surface area contributed by atoms with Crippen LogP contribution in [0.3, 0.4) is 0 Å². The molecule has 0 aliphatic heterocycles. The quantitative estimate of drug-likeness (QED) is 0.829. The summed E-state index contributed by atoms with van der Waals surface area (Å²) in [5, 5.41) is 8.83. The Labute approximate surface area is 104 Å². The summed E-state index contributed by atoms with van der Waals surface area (Å²) in [4.78, 5) is 12.8. The van der Waals surface area contributed by atoms with Gasteiger partial charge < -0.3 is 5.32 Å². The van der Waals surface area contributed by atoms with E-state index in [0.717, 1.165) is 22.3 Å². The first kappa shape index (κ1) is 11.8. The molecule has 90 valence electrons. The molecular formula is C10H14N6S. The molecule has 0 fully saturated rings. The molecule has 0 aromatic carbocycles. The third-order valence-electron chi connectivity index (χ3n) is 2.12. The molecule has 0 bridgehead atoms. The van der Waals surface area contributed by atoms with Crippen LogP contribution < -0.4 is 5.32 Å². The van der Waals surface area contributed by atoms with E-state index in [1.807, 2.05) is 27.1 Å². The summed E-state index contributed by atoms with van der Waals surface area (Å²) >= 11 is 1.49. The molecule has 7 heteroatoms. The van der Waals surface area contributed by atoms with Crippen LogP contribution >= 0.6 is 11.8 Å². The van der Waals surface area contributed by atoms with Crippen LogP contribution in [0.25, 0.3) is 0 Å². The molecule has 1 N–H and O–H groups in total. The molecule has 0 amide bonds. The van der Waals surface area contributed by atoms with Crippen LogP contribution in [-0.2, 0) is 7.05 Å². The number of anilines is 1. The van der Waals surface area contributed by atoms with E-state index in [1.165, 1.54) is 18.1 Å². The van der Waals surface area contributed by atoms with Gasteiger partial charge in [-0.25, -0.2) is 19.6 Å². The molecule has 0 atom stereocenters. The van der Waals surface area contributed by atoms with E-state index in [4.69, 9.17) is 0 Å². The predicted octanol–water partition coefficient (Wildman–Crippen LogP) is 1.50. The van der Waals surface area contributed by atoms with Gasteiger partial charge in [0.2, 0.25) is 5.95 Å². The van der Waals surface area contributed by atoms with Crippen molar-refractivity contribution in [2.24, 2.45) is 7.05 Å². The lowest BCUT2D eigenvalue weighted by Crippen LogP contribution is -2.03. The van der Waals surface area contributed by atoms with Crippen LogP contribution in [0, 0.1) is 6.92 Å². The molecule has 0 saturated heterocycles. The number of nitrogens with zero attached hydrogens (tertiary/aromatic N) is 5. The number of hydrogen-bond acceptors (Lipinski definition) is 6. The number of nitrogens with one attached hydrogen (secondary N) is 1. The summed E-state index contributed by atoms with van der Waals surface area (Å²) in [6, 6.07) is 0. The number of aromatic nitrogens is 5. The van der Waals surface area contributed by atoms with E-state index in [0.29, 0.717) is 5.95 Å². The largest absolute Gasteiger partial charge is 0.354 e. The first-order valence-corrected chi connectivity index (χ1v) is 6.11. The van der Waals surface area contributed by atoms with Crippen molar-refractivity contribution in [3.8, 4) is 0 Å². The highest BCUT2D eigenvalue weighted by molar-refractivity contribution is 7.99. The van der Waals surface area contributed by atoms with Crippen molar-refractivity contribution in [1.29, 1.82) is 0 Å². The average Bonchev–Trinajstić information content (AvgIpc) is 2.70. The van der Waals surface area contributed by atoms with Crippen molar-refractivity contribution in [2.45, 2.75) is 24.0 Å². The van der Waals surface area contributed by atoms with Crippen molar-refractivity contribution in [2.75, 3.05) is 11.9 Å². The normalized spacial score (nSPS) is 10.5. The zero-order valence-corrected chi connectivity index (χ0v) is 10.8. The minimum atomic E-state index is 0.641. The Morgan fingerprint density at radius 3 is 2.88 bits per heavy atom. The number of aryl methyl sites for hydroxylation is 2. The minimum Gasteiger partial charge on any atom is -0.354 e. The van der Waals surface area contributed by atoms with Gasteiger partial charge in [-0.3, -0.25) is 0 Å². The Morgan fingerprint density at radius 1 is 1.41 bits per heavy atom. The molecular weight excluding hydrogens is 236 g/mol. The Morgan fingerprint density at radius 2 is 2.24 bits per heavy atom. The van der Waals surface area contributed by atoms with E-state index in [1.54, 1.807) is 4.68 Å². The van der Waals surface area contributed by atoms with Crippen molar-refractivity contribution in [3.63, 3.8) is 0 Å². The summed E-state index contributed by atoms with van der Waals surface area (Å²) in [6.45, 7) is 4.80. The smallest absolute Gasteiger partial charge is 0.223 e. The Balaban J connectivity index is 2.25. The topological polar surface area (TPSA) is 68.5 Å². The molecule has 2 heterocycles. The van der Waals surface area contributed by atoms with E-state index < -0.39 is 0 Å². The van der Waals surface area contributed by atoms with Crippen LogP contribution in [0.15, 0.2) is 22.7 Å². The van der Waals surface area contributed by atoms with Crippen LogP contribution in [0.1, 0.15) is 12.5 Å². The standard InChI is InChI=1S/C10H14N6S/c1-4-11-9-12-5-7(2)8(15-9)17-10-13-6-14-16(10)3/h5-6H,4H2,1-3H3,(H,11,12,15). The second-order valence-corrected chi connectivity index (χ2v) is 4.44. The van der Waals surface area contributed by atoms with E-state index in [9.17, 15) is 0 Å². The average molecular weight is 250 g/mol. The number of rotatable bonds is 4. The SMILES string of the molecule is CCNc1ncc(C)c(Sc2ncnn2C)n1. The fourth-order valence-electron chi connectivity index (χ4n) is 1.24. The molecule has 6 nitrogen and oxygen atoms in total. The minimum absolute atomic E-state index is 0.641. The lowest BCUT2D eigenvalue weighted by Gasteiger charge is -2.06. The van der Waals surface area contributed by atoms with E-state index in [-0.39, 0.29) is 0 Å². The molecule has 0 aliphatic rings. The van der Waals surface area contributed by atoms with Crippen LogP contribution in [0.5, 0.6) is 0 Å². The lowest BCUT2D eigenvalue weighted by molar-refractivity contribution is 0.684. The second kappa shape index (κ2) is 5.13. The second-order valence-electron chi connectivity index (χ2n) is 3.48. The zero-order chi connectivity index (χ0) is 12.3. The Kier molecular flexibility index (Phi) is 3.58. The molecule has 0 radical (unpaired) electrons. The summed E-state index contributed by atoms with van der Waals surface area (Å²) in [5.74, 6) is 0.641. The van der Waals surface area contributed by atoms with Gasteiger partial charge in [0.05, 0.1) is 0 Å². The van der Waals surface area contributed by atoms with Gasteiger partial charge in [0, 0.05) is 25.4 Å². The van der Waals surface area contributed by atoms with Crippen molar-refractivity contribution in [3.05, 3.63) is 18.1 Å². The molecule has 0 unspecified atom stereocenters. The fourth-order valence-corrected chi connectivity index (χ4v) is 2.04. The molecule has 2 aromatic heterocycles. The van der Waals surface area contributed by atoms with Crippen LogP contribution in [0.4, 0.5) is 5.95 Å². The summed E-state index contributed by atoms with van der Waals surface area (Å²) in [7, 11) is 1.86. The van der Waals surface area contributed by atoms with Crippen LogP contribution in [-0.4, -0.2) is 31.3 Å². The first-order chi connectivity index (χ1) is 8.20. The van der Waals surface area contributed by atoms with Gasteiger partial charge in [0.25, 0.3) is 0 Å². The highest BCUT2D eigenvalue weighted by atomic mass is 32.2. The predicted molar refractivity (Wildman–Crippen MR) is 66.1 cm³/mol. The maximum atomic E-state index is 4.44. The Bertz CT molecular complexity index is 509. The maximum Gasteiger partial charge on any atom is 0.223 e. The molecule has 2 rings (SSSR count). The van der Waals surface area contributed by atoms with Gasteiger partial charge in [0.15, 0.2) is 5.16 Å². The van der Waals surface area contributed by atoms with Gasteiger partial charge in [-0.2, -0.15) is 5.10 Å². The number of hydrogen-bond donors (Lipinski definition) is 1. The van der Waals surface area contributed by atoms with Crippen molar-refractivity contribution in [1.82, 2.24) is 24.7 Å². The van der Waals surface area contributed by atoms with Gasteiger partial charge in [-0.15, -0.1) is 0 Å². The van der Waals surface area contributed by atoms with Gasteiger partial charge in [-0.05, 0) is 25.6 Å². The first-order valence-electron chi connectivity index (χ1n) is 5.30. The summed E-state index contributed by atoms with van der Waals surface area (Å²) in [5.41, 5.74) is 1.03. The van der Waals surface area contributed by atoms with Crippen molar-refractivity contribution >= 4 is 17.7 Å². The highest BCUT2D eigenvalue weighted by Crippen LogP contribution is 2.26. The molecule has 0 spiro atoms. The third kappa shape index (κ3) is 2.73. The molecule has 0 saturated carbocycles. The molecule has 17 heavy (non-hydrogen) atoms. The van der Waals surface area contributed by atoms with Gasteiger partial charge in [0.1, 0.15) is 11.4 Å². The van der Waals surface area contributed by atoms with Gasteiger partial charge >= 0.3 is 0 Å². The fraction of sp³-hybridized carbons (Fsp3) is 0.400. The third-order valence-corrected chi connectivity index (χ3v) is 3.28. The highest BCUT2D eigenvalue weighted by Gasteiger charge is 2.09. The maximum absolute atomic E-state index is 4.44.